The zero-order valence-electron chi connectivity index (χ0n) is 15.4. The lowest BCUT2D eigenvalue weighted by Gasteiger charge is -2.23. The fraction of sp³-hybridized carbons (Fsp3) is 0.286. The molecule has 0 saturated heterocycles. The van der Waals surface area contributed by atoms with Gasteiger partial charge in [-0.25, -0.2) is 0 Å². The Morgan fingerprint density at radius 3 is 2.42 bits per heavy atom. The molecule has 2 aromatic rings. The number of anilines is 1. The molecule has 1 aliphatic heterocycles. The Labute approximate surface area is 173 Å². The van der Waals surface area contributed by atoms with Crippen LogP contribution in [0.15, 0.2) is 71.7 Å². The molecular weight excluding hydrogens is 435 g/mol. The van der Waals surface area contributed by atoms with Gasteiger partial charge in [-0.15, -0.1) is 24.0 Å². The molecule has 0 aromatic heterocycles. The third-order valence-corrected chi connectivity index (χ3v) is 4.38. The standard InChI is InChI=1S/C21H26N4.HI/c1-22-21(24(2)17-18-9-4-3-5-10-18)23-16-19-11-8-12-20(15-19)25-13-6-7-14-25;/h3-12,15H,13-14,16-17H2,1-2H3,(H,22,23);1H. The Morgan fingerprint density at radius 1 is 1.04 bits per heavy atom. The van der Waals surface area contributed by atoms with Gasteiger partial charge in [-0.3, -0.25) is 4.99 Å². The largest absolute Gasteiger partial charge is 0.364 e. The van der Waals surface area contributed by atoms with E-state index in [9.17, 15) is 0 Å². The number of hydrogen-bond acceptors (Lipinski definition) is 2. The van der Waals surface area contributed by atoms with E-state index in [0.29, 0.717) is 0 Å². The molecule has 0 fully saturated rings. The highest BCUT2D eigenvalue weighted by molar-refractivity contribution is 14.0. The van der Waals surface area contributed by atoms with Gasteiger partial charge in [0.1, 0.15) is 0 Å². The van der Waals surface area contributed by atoms with E-state index in [-0.39, 0.29) is 24.0 Å². The molecule has 5 heteroatoms. The third-order valence-electron chi connectivity index (χ3n) is 4.38. The molecule has 3 rings (SSSR count). The van der Waals surface area contributed by atoms with Gasteiger partial charge in [0, 0.05) is 46.0 Å². The van der Waals surface area contributed by atoms with Crippen LogP contribution in [0.3, 0.4) is 0 Å². The summed E-state index contributed by atoms with van der Waals surface area (Å²) in [6, 6.07) is 19.2. The van der Waals surface area contributed by atoms with Gasteiger partial charge < -0.3 is 15.1 Å². The first-order valence-corrected chi connectivity index (χ1v) is 8.71. The second-order valence-corrected chi connectivity index (χ2v) is 6.29. The maximum absolute atomic E-state index is 4.41. The minimum Gasteiger partial charge on any atom is -0.364 e. The fourth-order valence-electron chi connectivity index (χ4n) is 3.05. The molecule has 0 amide bonds. The molecule has 0 radical (unpaired) electrons. The van der Waals surface area contributed by atoms with Crippen LogP contribution in [0.1, 0.15) is 11.1 Å². The van der Waals surface area contributed by atoms with E-state index < -0.39 is 0 Å². The van der Waals surface area contributed by atoms with Crippen LogP contribution in [0.4, 0.5) is 5.69 Å². The average Bonchev–Trinajstić information content (AvgIpc) is 3.18. The van der Waals surface area contributed by atoms with Crippen molar-refractivity contribution in [3.8, 4) is 0 Å². The molecule has 1 aliphatic rings. The van der Waals surface area contributed by atoms with Crippen LogP contribution in [0.5, 0.6) is 0 Å². The van der Waals surface area contributed by atoms with Crippen molar-refractivity contribution in [2.24, 2.45) is 4.99 Å². The second kappa shape index (κ2) is 10.2. The van der Waals surface area contributed by atoms with Gasteiger partial charge in [-0.2, -0.15) is 0 Å². The monoisotopic (exact) mass is 462 g/mol. The Bertz CT molecular complexity index is 735. The van der Waals surface area contributed by atoms with Crippen LogP contribution in [-0.4, -0.2) is 38.0 Å². The quantitative estimate of drug-likeness (QED) is 0.317. The molecule has 1 heterocycles. The molecule has 0 aliphatic carbocycles. The van der Waals surface area contributed by atoms with Gasteiger partial charge in [-0.1, -0.05) is 54.6 Å². The molecule has 4 nitrogen and oxygen atoms in total. The number of nitrogens with one attached hydrogen (secondary N) is 1. The van der Waals surface area contributed by atoms with Crippen molar-refractivity contribution in [2.75, 3.05) is 32.1 Å². The summed E-state index contributed by atoms with van der Waals surface area (Å²) in [4.78, 5) is 8.91. The average molecular weight is 462 g/mol. The highest BCUT2D eigenvalue weighted by atomic mass is 127. The zero-order chi connectivity index (χ0) is 17.5. The maximum Gasteiger partial charge on any atom is 0.193 e. The first-order valence-electron chi connectivity index (χ1n) is 8.71. The number of nitrogens with zero attached hydrogens (tertiary/aromatic N) is 3. The van der Waals surface area contributed by atoms with Crippen LogP contribution in [-0.2, 0) is 13.1 Å². The topological polar surface area (TPSA) is 30.9 Å². The van der Waals surface area contributed by atoms with Crippen molar-refractivity contribution in [1.82, 2.24) is 10.2 Å². The molecule has 138 valence electrons. The van der Waals surface area contributed by atoms with Crippen LogP contribution < -0.4 is 10.2 Å². The first-order chi connectivity index (χ1) is 12.3. The Morgan fingerprint density at radius 2 is 1.73 bits per heavy atom. The Kier molecular flexibility index (Phi) is 7.97. The summed E-state index contributed by atoms with van der Waals surface area (Å²) in [5.74, 6) is 0.900. The lowest BCUT2D eigenvalue weighted by atomic mass is 10.2. The molecule has 0 atom stereocenters. The summed E-state index contributed by atoms with van der Waals surface area (Å²) in [6.07, 6.45) is 4.43. The summed E-state index contributed by atoms with van der Waals surface area (Å²) in [5, 5.41) is 3.47. The number of halogens is 1. The lowest BCUT2D eigenvalue weighted by molar-refractivity contribution is 0.476. The summed E-state index contributed by atoms with van der Waals surface area (Å²) in [5.41, 5.74) is 3.81. The number of benzene rings is 2. The van der Waals surface area contributed by atoms with Gasteiger partial charge >= 0.3 is 0 Å². The summed E-state index contributed by atoms with van der Waals surface area (Å²) < 4.78 is 0. The summed E-state index contributed by atoms with van der Waals surface area (Å²) >= 11 is 0. The van der Waals surface area contributed by atoms with Crippen LogP contribution >= 0.6 is 24.0 Å². The molecular formula is C21H27IN4. The molecule has 0 unspecified atom stereocenters. The van der Waals surface area contributed by atoms with E-state index in [0.717, 1.165) is 32.1 Å². The summed E-state index contributed by atoms with van der Waals surface area (Å²) in [7, 11) is 3.89. The SMILES string of the molecule is CN=C(NCc1cccc(N2CC=CC2)c1)N(C)Cc1ccccc1.I. The van der Waals surface area contributed by atoms with Crippen LogP contribution in [0.2, 0.25) is 0 Å². The zero-order valence-corrected chi connectivity index (χ0v) is 17.8. The maximum atomic E-state index is 4.41. The van der Waals surface area contributed by atoms with Crippen molar-refractivity contribution < 1.29 is 0 Å². The first kappa shape index (κ1) is 20.3. The molecule has 0 spiro atoms. The molecule has 0 bridgehead atoms. The third kappa shape index (κ3) is 5.49. The predicted octanol–water partition coefficient (Wildman–Crippen LogP) is 3.89. The Hall–Kier alpha value is -2.02. The summed E-state index contributed by atoms with van der Waals surface area (Å²) in [6.45, 7) is 3.59. The van der Waals surface area contributed by atoms with Crippen LogP contribution in [0.25, 0.3) is 0 Å². The molecule has 26 heavy (non-hydrogen) atoms. The van der Waals surface area contributed by atoms with E-state index in [1.54, 1.807) is 0 Å². The van der Waals surface area contributed by atoms with Crippen molar-refractivity contribution >= 4 is 35.6 Å². The smallest absolute Gasteiger partial charge is 0.193 e. The predicted molar refractivity (Wildman–Crippen MR) is 121 cm³/mol. The molecule has 1 N–H and O–H groups in total. The highest BCUT2D eigenvalue weighted by Crippen LogP contribution is 2.18. The number of aliphatic imine (C=N–C) groups is 1. The number of hydrogen-bond donors (Lipinski definition) is 1. The lowest BCUT2D eigenvalue weighted by Crippen LogP contribution is -2.38. The van der Waals surface area contributed by atoms with Crippen molar-refractivity contribution in [1.29, 1.82) is 0 Å². The molecule has 0 saturated carbocycles. The van der Waals surface area contributed by atoms with E-state index in [2.05, 4.69) is 87.8 Å². The van der Waals surface area contributed by atoms with Crippen molar-refractivity contribution in [2.45, 2.75) is 13.1 Å². The Balaban J connectivity index is 0.00000243. The van der Waals surface area contributed by atoms with Gasteiger partial charge in [0.15, 0.2) is 5.96 Å². The minimum absolute atomic E-state index is 0. The number of guanidine groups is 1. The number of rotatable bonds is 5. The van der Waals surface area contributed by atoms with E-state index in [1.165, 1.54) is 16.8 Å². The van der Waals surface area contributed by atoms with Gasteiger partial charge in [0.25, 0.3) is 0 Å². The van der Waals surface area contributed by atoms with Crippen LogP contribution in [0, 0.1) is 0 Å². The molecule has 2 aromatic carbocycles. The van der Waals surface area contributed by atoms with Gasteiger partial charge in [0.2, 0.25) is 0 Å². The van der Waals surface area contributed by atoms with E-state index >= 15 is 0 Å². The normalized spacial score (nSPS) is 13.5. The van der Waals surface area contributed by atoms with E-state index in [1.807, 2.05) is 13.1 Å². The van der Waals surface area contributed by atoms with Crippen molar-refractivity contribution in [3.05, 3.63) is 77.9 Å². The minimum atomic E-state index is 0. The second-order valence-electron chi connectivity index (χ2n) is 6.29. The van der Waals surface area contributed by atoms with Gasteiger partial charge in [0.05, 0.1) is 0 Å². The highest BCUT2D eigenvalue weighted by Gasteiger charge is 2.09. The van der Waals surface area contributed by atoms with Crippen molar-refractivity contribution in [3.63, 3.8) is 0 Å². The fourth-order valence-corrected chi connectivity index (χ4v) is 3.05. The van der Waals surface area contributed by atoms with Gasteiger partial charge in [-0.05, 0) is 23.3 Å². The van der Waals surface area contributed by atoms with E-state index in [4.69, 9.17) is 0 Å².